The van der Waals surface area contributed by atoms with Crippen molar-refractivity contribution >= 4 is 39.1 Å². The largest absolute Gasteiger partial charge is 0.344 e. The predicted octanol–water partition coefficient (Wildman–Crippen LogP) is 4.53. The molecule has 0 bridgehead atoms. The highest BCUT2D eigenvalue weighted by Crippen LogP contribution is 2.31. The fraction of sp³-hybridized carbons (Fsp3) is 0.0870. The predicted molar refractivity (Wildman–Crippen MR) is 117 cm³/mol. The van der Waals surface area contributed by atoms with Crippen LogP contribution >= 0.6 is 11.3 Å². The molecule has 2 N–H and O–H groups in total. The quantitative estimate of drug-likeness (QED) is 0.494. The number of aryl methyl sites for hydroxylation is 1. The van der Waals surface area contributed by atoms with Crippen molar-refractivity contribution in [3.63, 3.8) is 0 Å². The summed E-state index contributed by atoms with van der Waals surface area (Å²) in [5, 5.41) is 6.16. The maximum atomic E-state index is 12.1. The first kappa shape index (κ1) is 18.8. The van der Waals surface area contributed by atoms with Crippen LogP contribution < -0.4 is 10.6 Å². The standard InChI is InChI=1S/C23H19N3O2S/c1-15-7-12-19-20(13-15)29-23(26-19)17-8-10-18(11-9-17)25-22(28)21(27)24-14-16-5-3-2-4-6-16/h2-13H,14H2,1H3,(H,24,27)(H,25,28). The topological polar surface area (TPSA) is 71.1 Å². The lowest BCUT2D eigenvalue weighted by atomic mass is 10.2. The van der Waals surface area contributed by atoms with E-state index >= 15 is 0 Å². The Morgan fingerprint density at radius 1 is 0.931 bits per heavy atom. The van der Waals surface area contributed by atoms with Gasteiger partial charge in [0.15, 0.2) is 0 Å². The number of carbonyl (C=O) groups is 2. The van der Waals surface area contributed by atoms with E-state index in [4.69, 9.17) is 0 Å². The van der Waals surface area contributed by atoms with Crippen molar-refractivity contribution in [1.29, 1.82) is 0 Å². The molecule has 0 unspecified atom stereocenters. The Morgan fingerprint density at radius 3 is 2.45 bits per heavy atom. The van der Waals surface area contributed by atoms with Gasteiger partial charge in [0.05, 0.1) is 10.2 Å². The lowest BCUT2D eigenvalue weighted by Gasteiger charge is -2.07. The molecule has 4 aromatic rings. The number of amides is 2. The number of nitrogens with one attached hydrogen (secondary N) is 2. The van der Waals surface area contributed by atoms with Crippen LogP contribution in [0.1, 0.15) is 11.1 Å². The van der Waals surface area contributed by atoms with Crippen molar-refractivity contribution in [2.75, 3.05) is 5.32 Å². The van der Waals surface area contributed by atoms with Crippen LogP contribution in [0.3, 0.4) is 0 Å². The molecule has 3 aromatic carbocycles. The number of benzene rings is 3. The van der Waals surface area contributed by atoms with Gasteiger partial charge in [0.25, 0.3) is 0 Å². The Bertz CT molecular complexity index is 1170. The van der Waals surface area contributed by atoms with Gasteiger partial charge < -0.3 is 10.6 Å². The Balaban J connectivity index is 1.39. The van der Waals surface area contributed by atoms with E-state index in [0.29, 0.717) is 12.2 Å². The maximum absolute atomic E-state index is 12.1. The molecule has 4 rings (SSSR count). The molecule has 0 spiro atoms. The number of aromatic nitrogens is 1. The SMILES string of the molecule is Cc1ccc2nc(-c3ccc(NC(=O)C(=O)NCc4ccccc4)cc3)sc2c1. The lowest BCUT2D eigenvalue weighted by Crippen LogP contribution is -2.34. The van der Waals surface area contributed by atoms with E-state index in [1.165, 1.54) is 5.56 Å². The number of fused-ring (bicyclic) bond motifs is 1. The van der Waals surface area contributed by atoms with Gasteiger partial charge in [-0.1, -0.05) is 36.4 Å². The van der Waals surface area contributed by atoms with E-state index in [1.807, 2.05) is 54.6 Å². The summed E-state index contributed by atoms with van der Waals surface area (Å²) in [5.41, 5.74) is 4.64. The molecule has 5 nitrogen and oxygen atoms in total. The number of anilines is 1. The van der Waals surface area contributed by atoms with Gasteiger partial charge in [-0.25, -0.2) is 4.98 Å². The normalized spacial score (nSPS) is 10.7. The molecule has 0 fully saturated rings. The number of thiazole rings is 1. The number of rotatable bonds is 4. The molecule has 1 aromatic heterocycles. The third-order valence-electron chi connectivity index (χ3n) is 4.44. The van der Waals surface area contributed by atoms with Crippen LogP contribution in [0.4, 0.5) is 5.69 Å². The summed E-state index contributed by atoms with van der Waals surface area (Å²) in [7, 11) is 0. The van der Waals surface area contributed by atoms with Crippen LogP contribution in [0, 0.1) is 6.92 Å². The summed E-state index contributed by atoms with van der Waals surface area (Å²) >= 11 is 1.63. The number of nitrogens with zero attached hydrogens (tertiary/aromatic N) is 1. The van der Waals surface area contributed by atoms with Gasteiger partial charge in [-0.3, -0.25) is 9.59 Å². The van der Waals surface area contributed by atoms with Crippen molar-refractivity contribution in [2.45, 2.75) is 13.5 Å². The molecule has 0 radical (unpaired) electrons. The Morgan fingerprint density at radius 2 is 1.69 bits per heavy atom. The second-order valence-electron chi connectivity index (χ2n) is 6.69. The molecule has 2 amide bonds. The van der Waals surface area contributed by atoms with Gasteiger partial charge in [-0.05, 0) is 54.4 Å². The smallest absolute Gasteiger partial charge is 0.313 e. The van der Waals surface area contributed by atoms with Crippen molar-refractivity contribution in [3.05, 3.63) is 83.9 Å². The molecule has 0 saturated heterocycles. The van der Waals surface area contributed by atoms with Crippen LogP contribution in [0.25, 0.3) is 20.8 Å². The van der Waals surface area contributed by atoms with Crippen LogP contribution in [-0.2, 0) is 16.1 Å². The molecular weight excluding hydrogens is 382 g/mol. The van der Waals surface area contributed by atoms with Crippen molar-refractivity contribution < 1.29 is 9.59 Å². The molecule has 1 heterocycles. The van der Waals surface area contributed by atoms with Gasteiger partial charge >= 0.3 is 11.8 Å². The number of hydrogen-bond acceptors (Lipinski definition) is 4. The van der Waals surface area contributed by atoms with Crippen LogP contribution in [0.5, 0.6) is 0 Å². The molecule has 6 heteroatoms. The van der Waals surface area contributed by atoms with Gasteiger partial charge in [0, 0.05) is 17.8 Å². The van der Waals surface area contributed by atoms with Crippen molar-refractivity contribution in [3.8, 4) is 10.6 Å². The summed E-state index contributed by atoms with van der Waals surface area (Å²) in [5.74, 6) is -1.36. The van der Waals surface area contributed by atoms with E-state index in [0.717, 1.165) is 26.4 Å². The molecule has 0 aliphatic carbocycles. The molecule has 29 heavy (non-hydrogen) atoms. The minimum Gasteiger partial charge on any atom is -0.344 e. The maximum Gasteiger partial charge on any atom is 0.313 e. The third kappa shape index (κ3) is 4.50. The first-order valence-corrected chi connectivity index (χ1v) is 10.0. The van der Waals surface area contributed by atoms with Crippen molar-refractivity contribution in [2.24, 2.45) is 0 Å². The first-order chi connectivity index (χ1) is 14.1. The van der Waals surface area contributed by atoms with E-state index in [9.17, 15) is 9.59 Å². The van der Waals surface area contributed by atoms with Crippen LogP contribution in [-0.4, -0.2) is 16.8 Å². The Kier molecular flexibility index (Phi) is 5.35. The van der Waals surface area contributed by atoms with E-state index < -0.39 is 11.8 Å². The molecule has 0 aliphatic heterocycles. The highest BCUT2D eigenvalue weighted by molar-refractivity contribution is 7.21. The van der Waals surface area contributed by atoms with Crippen molar-refractivity contribution in [1.82, 2.24) is 10.3 Å². The van der Waals surface area contributed by atoms with E-state index in [2.05, 4.69) is 28.6 Å². The zero-order valence-electron chi connectivity index (χ0n) is 15.8. The Hall–Kier alpha value is -3.51. The minimum absolute atomic E-state index is 0.309. The van der Waals surface area contributed by atoms with Gasteiger partial charge in [-0.2, -0.15) is 0 Å². The minimum atomic E-state index is -0.691. The summed E-state index contributed by atoms with van der Waals surface area (Å²) < 4.78 is 1.15. The monoisotopic (exact) mass is 401 g/mol. The average Bonchev–Trinajstić information content (AvgIpc) is 3.16. The highest BCUT2D eigenvalue weighted by atomic mass is 32.1. The summed E-state index contributed by atoms with van der Waals surface area (Å²) in [6.45, 7) is 2.37. The second kappa shape index (κ2) is 8.24. The van der Waals surface area contributed by atoms with Crippen LogP contribution in [0.2, 0.25) is 0 Å². The number of hydrogen-bond donors (Lipinski definition) is 2. The Labute approximate surface area is 172 Å². The van der Waals surface area contributed by atoms with E-state index in [1.54, 1.807) is 23.5 Å². The lowest BCUT2D eigenvalue weighted by molar-refractivity contribution is -0.136. The second-order valence-corrected chi connectivity index (χ2v) is 7.72. The third-order valence-corrected chi connectivity index (χ3v) is 5.50. The summed E-state index contributed by atoms with van der Waals surface area (Å²) in [4.78, 5) is 28.8. The first-order valence-electron chi connectivity index (χ1n) is 9.19. The van der Waals surface area contributed by atoms with Gasteiger partial charge in [0.2, 0.25) is 0 Å². The average molecular weight is 401 g/mol. The van der Waals surface area contributed by atoms with Crippen LogP contribution in [0.15, 0.2) is 72.8 Å². The molecular formula is C23H19N3O2S. The highest BCUT2D eigenvalue weighted by Gasteiger charge is 2.13. The molecule has 0 atom stereocenters. The fourth-order valence-electron chi connectivity index (χ4n) is 2.90. The zero-order valence-corrected chi connectivity index (χ0v) is 16.6. The summed E-state index contributed by atoms with van der Waals surface area (Å²) in [6, 6.07) is 23.0. The van der Waals surface area contributed by atoms with Gasteiger partial charge in [-0.15, -0.1) is 11.3 Å². The zero-order chi connectivity index (χ0) is 20.2. The molecule has 0 aliphatic rings. The van der Waals surface area contributed by atoms with E-state index in [-0.39, 0.29) is 0 Å². The van der Waals surface area contributed by atoms with Gasteiger partial charge in [0.1, 0.15) is 5.01 Å². The summed E-state index contributed by atoms with van der Waals surface area (Å²) in [6.07, 6.45) is 0. The number of carbonyl (C=O) groups excluding carboxylic acids is 2. The fourth-order valence-corrected chi connectivity index (χ4v) is 3.97. The molecule has 0 saturated carbocycles. The molecule has 144 valence electrons.